The first-order valence-electron chi connectivity index (χ1n) is 5.18. The van der Waals surface area contributed by atoms with E-state index < -0.39 is 5.97 Å². The first-order chi connectivity index (χ1) is 7.19. The Morgan fingerprint density at radius 3 is 2.73 bits per heavy atom. The second-order valence-electron chi connectivity index (χ2n) is 3.40. The van der Waals surface area contributed by atoms with Crippen LogP contribution >= 0.6 is 11.3 Å². The molecular formula is C11H17NO2S. The summed E-state index contributed by atoms with van der Waals surface area (Å²) in [5.74, 6) is -0.726. The summed E-state index contributed by atoms with van der Waals surface area (Å²) in [4.78, 5) is 14.2. The Bertz CT molecular complexity index is 298. The Kier molecular flexibility index (Phi) is 4.78. The van der Waals surface area contributed by atoms with Crippen molar-refractivity contribution in [2.75, 3.05) is 6.54 Å². The highest BCUT2D eigenvalue weighted by molar-refractivity contribution is 7.09. The number of aliphatic carboxylic acids is 1. The van der Waals surface area contributed by atoms with Crippen molar-refractivity contribution >= 4 is 17.3 Å². The van der Waals surface area contributed by atoms with Gasteiger partial charge in [0.25, 0.3) is 0 Å². The predicted octanol–water partition coefficient (Wildman–Crippen LogP) is 2.43. The lowest BCUT2D eigenvalue weighted by Crippen LogP contribution is -2.39. The van der Waals surface area contributed by atoms with Crippen LogP contribution in [-0.4, -0.2) is 28.6 Å². The van der Waals surface area contributed by atoms with Crippen molar-refractivity contribution < 1.29 is 9.90 Å². The number of hydrogen-bond acceptors (Lipinski definition) is 3. The first kappa shape index (κ1) is 12.2. The third-order valence-electron chi connectivity index (χ3n) is 2.46. The van der Waals surface area contributed by atoms with Gasteiger partial charge in [-0.1, -0.05) is 19.9 Å². The Morgan fingerprint density at radius 2 is 2.33 bits per heavy atom. The smallest absolute Gasteiger partial charge is 0.320 e. The van der Waals surface area contributed by atoms with Crippen molar-refractivity contribution in [3.05, 3.63) is 22.4 Å². The lowest BCUT2D eigenvalue weighted by molar-refractivity contribution is -0.143. The molecule has 15 heavy (non-hydrogen) atoms. The van der Waals surface area contributed by atoms with Gasteiger partial charge < -0.3 is 5.11 Å². The van der Waals surface area contributed by atoms with E-state index in [-0.39, 0.29) is 6.04 Å². The molecule has 1 atom stereocenters. The SMILES string of the molecule is CCC(C(=O)O)N(CC)Cc1cccs1. The molecule has 1 aromatic heterocycles. The van der Waals surface area contributed by atoms with Crippen molar-refractivity contribution in [2.45, 2.75) is 32.9 Å². The molecule has 84 valence electrons. The van der Waals surface area contributed by atoms with E-state index >= 15 is 0 Å². The lowest BCUT2D eigenvalue weighted by Gasteiger charge is -2.25. The second kappa shape index (κ2) is 5.88. The number of nitrogens with zero attached hydrogens (tertiary/aromatic N) is 1. The summed E-state index contributed by atoms with van der Waals surface area (Å²) >= 11 is 1.67. The van der Waals surface area contributed by atoms with Gasteiger partial charge in [0.15, 0.2) is 0 Å². The molecule has 0 aliphatic rings. The highest BCUT2D eigenvalue weighted by Gasteiger charge is 2.22. The van der Waals surface area contributed by atoms with Crippen LogP contribution in [0.5, 0.6) is 0 Å². The molecule has 0 aromatic carbocycles. The molecular weight excluding hydrogens is 210 g/mol. The maximum absolute atomic E-state index is 11.0. The van der Waals surface area contributed by atoms with E-state index in [2.05, 4.69) is 0 Å². The molecule has 1 rings (SSSR count). The van der Waals surface area contributed by atoms with E-state index in [1.807, 2.05) is 36.3 Å². The summed E-state index contributed by atoms with van der Waals surface area (Å²) in [7, 11) is 0. The van der Waals surface area contributed by atoms with Crippen LogP contribution < -0.4 is 0 Å². The van der Waals surface area contributed by atoms with Gasteiger partial charge in [0.2, 0.25) is 0 Å². The van der Waals surface area contributed by atoms with Crippen molar-refractivity contribution in [2.24, 2.45) is 0 Å². The molecule has 3 nitrogen and oxygen atoms in total. The molecule has 0 spiro atoms. The van der Waals surface area contributed by atoms with E-state index in [1.54, 1.807) is 11.3 Å². The van der Waals surface area contributed by atoms with Gasteiger partial charge in [0.05, 0.1) is 0 Å². The van der Waals surface area contributed by atoms with Crippen LogP contribution in [0.2, 0.25) is 0 Å². The molecule has 0 saturated carbocycles. The fourth-order valence-corrected chi connectivity index (χ4v) is 2.36. The average molecular weight is 227 g/mol. The van der Waals surface area contributed by atoms with Crippen LogP contribution in [0.15, 0.2) is 17.5 Å². The topological polar surface area (TPSA) is 40.5 Å². The zero-order chi connectivity index (χ0) is 11.3. The zero-order valence-corrected chi connectivity index (χ0v) is 9.96. The van der Waals surface area contributed by atoms with Crippen LogP contribution in [0.3, 0.4) is 0 Å². The Labute approximate surface area is 94.3 Å². The number of carbonyl (C=O) groups is 1. The number of carboxylic acid groups (broad SMARTS) is 1. The molecule has 1 N–H and O–H groups in total. The van der Waals surface area contributed by atoms with Gasteiger partial charge in [-0.15, -0.1) is 11.3 Å². The normalized spacial score (nSPS) is 13.0. The summed E-state index contributed by atoms with van der Waals surface area (Å²) in [6.07, 6.45) is 0.647. The van der Waals surface area contributed by atoms with E-state index in [1.165, 1.54) is 4.88 Å². The van der Waals surface area contributed by atoms with Crippen LogP contribution in [0.25, 0.3) is 0 Å². The van der Waals surface area contributed by atoms with Gasteiger partial charge in [0.1, 0.15) is 6.04 Å². The van der Waals surface area contributed by atoms with Crippen molar-refractivity contribution in [1.29, 1.82) is 0 Å². The fourth-order valence-electron chi connectivity index (χ4n) is 1.63. The van der Waals surface area contributed by atoms with Gasteiger partial charge in [0, 0.05) is 11.4 Å². The van der Waals surface area contributed by atoms with Gasteiger partial charge in [-0.2, -0.15) is 0 Å². The third kappa shape index (κ3) is 3.32. The van der Waals surface area contributed by atoms with E-state index in [0.29, 0.717) is 6.42 Å². The van der Waals surface area contributed by atoms with E-state index in [9.17, 15) is 4.79 Å². The Balaban J connectivity index is 2.65. The van der Waals surface area contributed by atoms with Crippen LogP contribution in [0, 0.1) is 0 Å². The van der Waals surface area contributed by atoms with Crippen molar-refractivity contribution in [3.8, 4) is 0 Å². The Hall–Kier alpha value is -0.870. The third-order valence-corrected chi connectivity index (χ3v) is 3.32. The molecule has 0 saturated heterocycles. The van der Waals surface area contributed by atoms with Gasteiger partial charge in [-0.3, -0.25) is 9.69 Å². The molecule has 0 amide bonds. The molecule has 1 aromatic rings. The maximum Gasteiger partial charge on any atom is 0.320 e. The maximum atomic E-state index is 11.0. The molecule has 1 unspecified atom stereocenters. The summed E-state index contributed by atoms with van der Waals surface area (Å²) < 4.78 is 0. The first-order valence-corrected chi connectivity index (χ1v) is 6.06. The number of thiophene rings is 1. The summed E-state index contributed by atoms with van der Waals surface area (Å²) in [5.41, 5.74) is 0. The van der Waals surface area contributed by atoms with Crippen LogP contribution in [0.4, 0.5) is 0 Å². The quantitative estimate of drug-likeness (QED) is 0.811. The molecule has 4 heteroatoms. The number of carboxylic acids is 1. The zero-order valence-electron chi connectivity index (χ0n) is 9.14. The van der Waals surface area contributed by atoms with Crippen LogP contribution in [-0.2, 0) is 11.3 Å². The molecule has 0 aliphatic heterocycles. The minimum Gasteiger partial charge on any atom is -0.480 e. The number of likely N-dealkylation sites (N-methyl/N-ethyl adjacent to an activating group) is 1. The van der Waals surface area contributed by atoms with E-state index in [4.69, 9.17) is 5.11 Å². The summed E-state index contributed by atoms with van der Waals surface area (Å²) in [5, 5.41) is 11.1. The Morgan fingerprint density at radius 1 is 1.60 bits per heavy atom. The van der Waals surface area contributed by atoms with Gasteiger partial charge in [-0.05, 0) is 24.4 Å². The van der Waals surface area contributed by atoms with E-state index in [0.717, 1.165) is 13.1 Å². The molecule has 1 heterocycles. The minimum atomic E-state index is -0.726. The van der Waals surface area contributed by atoms with Crippen molar-refractivity contribution in [1.82, 2.24) is 4.90 Å². The summed E-state index contributed by atoms with van der Waals surface area (Å²) in [6.45, 7) is 5.41. The molecule has 0 radical (unpaired) electrons. The molecule has 0 fully saturated rings. The second-order valence-corrected chi connectivity index (χ2v) is 4.44. The monoisotopic (exact) mass is 227 g/mol. The largest absolute Gasteiger partial charge is 0.480 e. The highest BCUT2D eigenvalue weighted by atomic mass is 32.1. The average Bonchev–Trinajstić information content (AvgIpc) is 2.69. The van der Waals surface area contributed by atoms with Crippen molar-refractivity contribution in [3.63, 3.8) is 0 Å². The molecule has 0 aliphatic carbocycles. The minimum absolute atomic E-state index is 0.364. The lowest BCUT2D eigenvalue weighted by atomic mass is 10.2. The van der Waals surface area contributed by atoms with Gasteiger partial charge in [-0.25, -0.2) is 0 Å². The fraction of sp³-hybridized carbons (Fsp3) is 0.545. The number of rotatable bonds is 6. The summed E-state index contributed by atoms with van der Waals surface area (Å²) in [6, 6.07) is 3.68. The van der Waals surface area contributed by atoms with Gasteiger partial charge >= 0.3 is 5.97 Å². The molecule has 0 bridgehead atoms. The van der Waals surface area contributed by atoms with Crippen LogP contribution in [0.1, 0.15) is 25.1 Å². The standard InChI is InChI=1S/C11H17NO2S/c1-3-10(11(13)14)12(4-2)8-9-6-5-7-15-9/h5-7,10H,3-4,8H2,1-2H3,(H,13,14). The number of hydrogen-bond donors (Lipinski definition) is 1. The predicted molar refractivity (Wildman–Crippen MR) is 62.1 cm³/mol. The highest BCUT2D eigenvalue weighted by Crippen LogP contribution is 2.15.